The molecule has 0 aliphatic rings. The average molecular weight is 391 g/mol. The Balaban J connectivity index is 3.37. The van der Waals surface area contributed by atoms with Gasteiger partial charge in [-0.3, -0.25) is 9.59 Å². The Morgan fingerprint density at radius 2 is 1.64 bits per heavy atom. The lowest BCUT2D eigenvalue weighted by atomic mass is 9.53. The van der Waals surface area contributed by atoms with Crippen LogP contribution >= 0.6 is 0 Å². The van der Waals surface area contributed by atoms with Gasteiger partial charge in [0.2, 0.25) is 0 Å². The third-order valence-corrected chi connectivity index (χ3v) is 5.26. The van der Waals surface area contributed by atoms with E-state index in [9.17, 15) is 14.7 Å². The molecule has 0 aliphatic heterocycles. The molecular formula is C23H34O5. The van der Waals surface area contributed by atoms with Crippen LogP contribution in [0.25, 0.3) is 6.08 Å². The number of benzene rings is 1. The molecule has 28 heavy (non-hydrogen) atoms. The standard InChI is InChI=1S/C23H34O5/c1-8-9-16-28-20(26)23(19(24)25,21(2,3)4)22(5,6)15-14-17-10-12-18(27-7)13-11-17/h10-15H,8-9,16H2,1-7H3,(H,24,25). The summed E-state index contributed by atoms with van der Waals surface area (Å²) in [7, 11) is 1.60. The van der Waals surface area contributed by atoms with Gasteiger partial charge in [-0.05, 0) is 29.5 Å². The fourth-order valence-electron chi connectivity index (χ4n) is 3.78. The summed E-state index contributed by atoms with van der Waals surface area (Å²) in [5.74, 6) is -1.12. The molecule has 1 atom stereocenters. The summed E-state index contributed by atoms with van der Waals surface area (Å²) >= 11 is 0. The van der Waals surface area contributed by atoms with Crippen molar-refractivity contribution in [3.05, 3.63) is 35.9 Å². The molecular weight excluding hydrogens is 356 g/mol. The van der Waals surface area contributed by atoms with Gasteiger partial charge in [0.1, 0.15) is 5.75 Å². The van der Waals surface area contributed by atoms with E-state index in [4.69, 9.17) is 9.47 Å². The first-order chi connectivity index (χ1) is 12.9. The van der Waals surface area contributed by atoms with E-state index in [-0.39, 0.29) is 6.61 Å². The number of hydrogen-bond donors (Lipinski definition) is 1. The lowest BCUT2D eigenvalue weighted by Crippen LogP contribution is -2.58. The quantitative estimate of drug-likeness (QED) is 0.357. The number of methoxy groups -OCH3 is 1. The summed E-state index contributed by atoms with van der Waals surface area (Å²) in [5, 5.41) is 10.2. The number of allylic oxidation sites excluding steroid dienone is 1. The molecule has 1 aromatic rings. The van der Waals surface area contributed by atoms with Crippen molar-refractivity contribution < 1.29 is 24.2 Å². The van der Waals surface area contributed by atoms with Crippen molar-refractivity contribution in [2.24, 2.45) is 16.2 Å². The van der Waals surface area contributed by atoms with Crippen molar-refractivity contribution in [3.8, 4) is 5.75 Å². The fraction of sp³-hybridized carbons (Fsp3) is 0.565. The minimum absolute atomic E-state index is 0.221. The van der Waals surface area contributed by atoms with Crippen LogP contribution in [-0.4, -0.2) is 30.8 Å². The molecule has 0 radical (unpaired) electrons. The molecule has 1 rings (SSSR count). The van der Waals surface area contributed by atoms with E-state index in [1.165, 1.54) is 0 Å². The number of carboxylic acid groups (broad SMARTS) is 1. The van der Waals surface area contributed by atoms with Crippen molar-refractivity contribution in [2.75, 3.05) is 13.7 Å². The van der Waals surface area contributed by atoms with E-state index in [1.54, 1.807) is 47.8 Å². The molecule has 0 fully saturated rings. The van der Waals surface area contributed by atoms with E-state index in [2.05, 4.69) is 0 Å². The smallest absolute Gasteiger partial charge is 0.324 e. The first-order valence-corrected chi connectivity index (χ1v) is 9.68. The van der Waals surface area contributed by atoms with E-state index in [0.717, 1.165) is 17.7 Å². The lowest BCUT2D eigenvalue weighted by Gasteiger charge is -2.48. The van der Waals surface area contributed by atoms with Crippen molar-refractivity contribution in [1.29, 1.82) is 0 Å². The molecule has 0 amide bonds. The van der Waals surface area contributed by atoms with Crippen LogP contribution in [0, 0.1) is 16.2 Å². The molecule has 5 nitrogen and oxygen atoms in total. The van der Waals surface area contributed by atoms with Gasteiger partial charge in [0.25, 0.3) is 0 Å². The second kappa shape index (κ2) is 9.26. The normalized spacial score (nSPS) is 14.5. The van der Waals surface area contributed by atoms with E-state index in [0.29, 0.717) is 6.42 Å². The Bertz CT molecular complexity index is 695. The van der Waals surface area contributed by atoms with Crippen LogP contribution < -0.4 is 4.74 Å². The van der Waals surface area contributed by atoms with Crippen LogP contribution in [0.1, 0.15) is 59.9 Å². The fourth-order valence-corrected chi connectivity index (χ4v) is 3.78. The Hall–Kier alpha value is -2.30. The minimum Gasteiger partial charge on any atom is -0.497 e. The second-order valence-electron chi connectivity index (χ2n) is 8.62. The number of esters is 1. The van der Waals surface area contributed by atoms with E-state index in [1.807, 2.05) is 37.3 Å². The number of carbonyl (C=O) groups is 2. The average Bonchev–Trinajstić information content (AvgIpc) is 2.59. The Labute approximate surface area is 168 Å². The zero-order chi connectivity index (χ0) is 21.6. The number of aliphatic carboxylic acids is 1. The number of hydrogen-bond acceptors (Lipinski definition) is 4. The van der Waals surface area contributed by atoms with Gasteiger partial charge in [0.05, 0.1) is 13.7 Å². The highest BCUT2D eigenvalue weighted by Gasteiger charge is 2.64. The molecule has 1 N–H and O–H groups in total. The molecule has 156 valence electrons. The largest absolute Gasteiger partial charge is 0.497 e. The number of ether oxygens (including phenoxy) is 2. The summed E-state index contributed by atoms with van der Waals surface area (Å²) in [4.78, 5) is 25.6. The molecule has 0 aromatic heterocycles. The molecule has 0 saturated heterocycles. The third-order valence-electron chi connectivity index (χ3n) is 5.26. The number of unbranched alkanes of at least 4 members (excludes halogenated alkanes) is 1. The third kappa shape index (κ3) is 4.75. The number of carboxylic acids is 1. The van der Waals surface area contributed by atoms with E-state index < -0.39 is 28.2 Å². The summed E-state index contributed by atoms with van der Waals surface area (Å²) in [6.45, 7) is 11.1. The van der Waals surface area contributed by atoms with E-state index >= 15 is 0 Å². The predicted octanol–water partition coefficient (Wildman–Crippen LogP) is 5.20. The predicted molar refractivity (Wildman–Crippen MR) is 111 cm³/mol. The molecule has 0 bridgehead atoms. The van der Waals surface area contributed by atoms with Crippen LogP contribution in [0.5, 0.6) is 5.75 Å². The Morgan fingerprint density at radius 3 is 2.07 bits per heavy atom. The zero-order valence-electron chi connectivity index (χ0n) is 18.2. The topological polar surface area (TPSA) is 72.8 Å². The summed E-state index contributed by atoms with van der Waals surface area (Å²) in [6, 6.07) is 7.43. The van der Waals surface area contributed by atoms with Gasteiger partial charge in [0.15, 0.2) is 5.41 Å². The molecule has 0 saturated carbocycles. The van der Waals surface area contributed by atoms with Crippen molar-refractivity contribution in [1.82, 2.24) is 0 Å². The second-order valence-corrected chi connectivity index (χ2v) is 8.62. The lowest BCUT2D eigenvalue weighted by molar-refractivity contribution is -0.188. The van der Waals surface area contributed by atoms with Gasteiger partial charge in [-0.15, -0.1) is 0 Å². The highest BCUT2D eigenvalue weighted by molar-refractivity contribution is 6.01. The summed E-state index contributed by atoms with van der Waals surface area (Å²) in [5.41, 5.74) is -2.71. The molecule has 1 aromatic carbocycles. The van der Waals surface area contributed by atoms with Gasteiger partial charge in [-0.1, -0.05) is 72.2 Å². The first-order valence-electron chi connectivity index (χ1n) is 9.68. The van der Waals surface area contributed by atoms with Crippen LogP contribution in [0.4, 0.5) is 0 Å². The zero-order valence-corrected chi connectivity index (χ0v) is 18.2. The first kappa shape index (κ1) is 23.7. The molecule has 0 spiro atoms. The Morgan fingerprint density at radius 1 is 1.07 bits per heavy atom. The SMILES string of the molecule is CCCCOC(=O)C(C(=O)O)(C(C)(C)C)C(C)(C)C=Cc1ccc(OC)cc1. The number of carbonyl (C=O) groups excluding carboxylic acids is 1. The van der Waals surface area contributed by atoms with Crippen LogP contribution in [0.3, 0.4) is 0 Å². The van der Waals surface area contributed by atoms with Crippen LogP contribution in [0.2, 0.25) is 0 Å². The maximum Gasteiger partial charge on any atom is 0.324 e. The summed E-state index contributed by atoms with van der Waals surface area (Å²) < 4.78 is 10.6. The molecule has 5 heteroatoms. The van der Waals surface area contributed by atoms with Gasteiger partial charge in [-0.2, -0.15) is 0 Å². The highest BCUT2D eigenvalue weighted by Crippen LogP contribution is 2.54. The van der Waals surface area contributed by atoms with Crippen molar-refractivity contribution >= 4 is 18.0 Å². The van der Waals surface area contributed by atoms with Crippen molar-refractivity contribution in [3.63, 3.8) is 0 Å². The maximum absolute atomic E-state index is 13.1. The highest BCUT2D eigenvalue weighted by atomic mass is 16.5. The molecule has 1 unspecified atom stereocenters. The van der Waals surface area contributed by atoms with Gasteiger partial charge < -0.3 is 14.6 Å². The summed E-state index contributed by atoms with van der Waals surface area (Å²) in [6.07, 6.45) is 5.19. The molecule has 0 heterocycles. The number of rotatable bonds is 9. The Kier molecular flexibility index (Phi) is 7.85. The minimum atomic E-state index is -1.74. The van der Waals surface area contributed by atoms with Crippen LogP contribution in [-0.2, 0) is 14.3 Å². The van der Waals surface area contributed by atoms with Crippen LogP contribution in [0.15, 0.2) is 30.3 Å². The van der Waals surface area contributed by atoms with Gasteiger partial charge in [-0.25, -0.2) is 0 Å². The monoisotopic (exact) mass is 390 g/mol. The molecule has 0 aliphatic carbocycles. The van der Waals surface area contributed by atoms with Gasteiger partial charge >= 0.3 is 11.9 Å². The maximum atomic E-state index is 13.1. The van der Waals surface area contributed by atoms with Gasteiger partial charge in [0, 0.05) is 5.41 Å². The van der Waals surface area contributed by atoms with Crippen molar-refractivity contribution in [2.45, 2.75) is 54.4 Å².